The summed E-state index contributed by atoms with van der Waals surface area (Å²) in [6.07, 6.45) is 0. The Kier molecular flexibility index (Phi) is 5.23. The third-order valence-corrected chi connectivity index (χ3v) is 5.83. The molecule has 0 aliphatic rings. The molecule has 0 saturated carbocycles. The molecular weight excluding hydrogens is 375 g/mol. The molecule has 3 aromatic carbocycles. The van der Waals surface area contributed by atoms with Gasteiger partial charge < -0.3 is 0 Å². The first-order valence-electron chi connectivity index (χ1n) is 8.06. The molecule has 0 amide bonds. The molecule has 0 fully saturated rings. The van der Waals surface area contributed by atoms with E-state index in [9.17, 15) is 21.6 Å². The SMILES string of the molecule is Cc1ccc(S(=O)(=O)N(Cc2cccc(F)c2)c2ccc(F)cc2)cc1F. The van der Waals surface area contributed by atoms with Crippen molar-refractivity contribution in [3.05, 3.63) is 95.3 Å². The summed E-state index contributed by atoms with van der Waals surface area (Å²) in [7, 11) is -4.17. The first-order valence-corrected chi connectivity index (χ1v) is 9.50. The molecule has 7 heteroatoms. The van der Waals surface area contributed by atoms with E-state index in [-0.39, 0.29) is 17.1 Å². The van der Waals surface area contributed by atoms with E-state index in [0.29, 0.717) is 11.1 Å². The van der Waals surface area contributed by atoms with Crippen LogP contribution in [0.15, 0.2) is 71.6 Å². The average molecular weight is 391 g/mol. The molecule has 0 saturated heterocycles. The summed E-state index contributed by atoms with van der Waals surface area (Å²) >= 11 is 0. The molecule has 0 spiro atoms. The smallest absolute Gasteiger partial charge is 0.262 e. The molecule has 0 heterocycles. The Morgan fingerprint density at radius 2 is 1.56 bits per heavy atom. The monoisotopic (exact) mass is 391 g/mol. The second-order valence-electron chi connectivity index (χ2n) is 6.03. The highest BCUT2D eigenvalue weighted by molar-refractivity contribution is 7.92. The van der Waals surface area contributed by atoms with Gasteiger partial charge in [0.2, 0.25) is 0 Å². The Bertz CT molecular complexity index is 1070. The Labute approximate surface area is 155 Å². The van der Waals surface area contributed by atoms with E-state index in [1.54, 1.807) is 6.07 Å². The first kappa shape index (κ1) is 19.0. The van der Waals surface area contributed by atoms with Crippen molar-refractivity contribution >= 4 is 15.7 Å². The third-order valence-electron chi connectivity index (χ3n) is 4.06. The number of aryl methyl sites for hydroxylation is 1. The van der Waals surface area contributed by atoms with Gasteiger partial charge in [-0.05, 0) is 66.6 Å². The summed E-state index contributed by atoms with van der Waals surface area (Å²) < 4.78 is 68.0. The van der Waals surface area contributed by atoms with E-state index in [1.165, 1.54) is 49.4 Å². The van der Waals surface area contributed by atoms with Crippen molar-refractivity contribution in [3.8, 4) is 0 Å². The highest BCUT2D eigenvalue weighted by Gasteiger charge is 2.26. The molecule has 27 heavy (non-hydrogen) atoms. The van der Waals surface area contributed by atoms with Crippen molar-refractivity contribution in [2.45, 2.75) is 18.4 Å². The van der Waals surface area contributed by atoms with Crippen molar-refractivity contribution < 1.29 is 21.6 Å². The van der Waals surface area contributed by atoms with Gasteiger partial charge in [-0.1, -0.05) is 18.2 Å². The Hall–Kier alpha value is -2.80. The fraction of sp³-hybridized carbons (Fsp3) is 0.100. The van der Waals surface area contributed by atoms with E-state index in [0.717, 1.165) is 22.5 Å². The zero-order valence-electron chi connectivity index (χ0n) is 14.4. The lowest BCUT2D eigenvalue weighted by atomic mass is 10.2. The van der Waals surface area contributed by atoms with Crippen LogP contribution in [-0.4, -0.2) is 8.42 Å². The summed E-state index contributed by atoms with van der Waals surface area (Å²) in [5.74, 6) is -1.69. The molecule has 3 nitrogen and oxygen atoms in total. The predicted octanol–water partition coefficient (Wildman–Crippen LogP) is 4.81. The van der Waals surface area contributed by atoms with E-state index >= 15 is 0 Å². The minimum absolute atomic E-state index is 0.182. The van der Waals surface area contributed by atoms with Crippen molar-refractivity contribution in [3.63, 3.8) is 0 Å². The van der Waals surface area contributed by atoms with Crippen LogP contribution >= 0.6 is 0 Å². The largest absolute Gasteiger partial charge is 0.264 e. The quantitative estimate of drug-likeness (QED) is 0.626. The van der Waals surface area contributed by atoms with Crippen LogP contribution in [-0.2, 0) is 16.6 Å². The predicted molar refractivity (Wildman–Crippen MR) is 97.3 cm³/mol. The van der Waals surface area contributed by atoms with Gasteiger partial charge in [0.05, 0.1) is 17.1 Å². The van der Waals surface area contributed by atoms with Crippen LogP contribution in [0.1, 0.15) is 11.1 Å². The first-order chi connectivity index (χ1) is 12.8. The van der Waals surface area contributed by atoms with Crippen LogP contribution in [0.3, 0.4) is 0 Å². The second kappa shape index (κ2) is 7.44. The highest BCUT2D eigenvalue weighted by Crippen LogP contribution is 2.27. The Morgan fingerprint density at radius 1 is 0.852 bits per heavy atom. The standard InChI is InChI=1S/C20H16F3NO2S/c1-14-5-10-19(12-20(14)23)27(25,26)24(18-8-6-16(21)7-9-18)13-15-3-2-4-17(22)11-15/h2-12H,13H2,1H3. The Balaban J connectivity index is 2.10. The maximum Gasteiger partial charge on any atom is 0.264 e. The van der Waals surface area contributed by atoms with Crippen LogP contribution in [0.5, 0.6) is 0 Å². The fourth-order valence-electron chi connectivity index (χ4n) is 2.58. The number of sulfonamides is 1. The fourth-order valence-corrected chi connectivity index (χ4v) is 4.05. The van der Waals surface area contributed by atoms with Gasteiger partial charge >= 0.3 is 0 Å². The summed E-state index contributed by atoms with van der Waals surface area (Å²) in [6.45, 7) is 1.33. The number of hydrogen-bond acceptors (Lipinski definition) is 2. The van der Waals surface area contributed by atoms with Gasteiger partial charge in [-0.25, -0.2) is 21.6 Å². The van der Waals surface area contributed by atoms with Crippen LogP contribution in [0, 0.1) is 24.4 Å². The zero-order valence-corrected chi connectivity index (χ0v) is 15.2. The van der Waals surface area contributed by atoms with Gasteiger partial charge in [-0.2, -0.15) is 0 Å². The van der Waals surface area contributed by atoms with Crippen molar-refractivity contribution in [1.82, 2.24) is 0 Å². The highest BCUT2D eigenvalue weighted by atomic mass is 32.2. The Morgan fingerprint density at radius 3 is 2.19 bits per heavy atom. The summed E-state index contributed by atoms with van der Waals surface area (Å²) in [5.41, 5.74) is 0.893. The lowest BCUT2D eigenvalue weighted by Crippen LogP contribution is -2.30. The molecule has 0 atom stereocenters. The summed E-state index contributed by atoms with van der Waals surface area (Å²) in [5, 5.41) is 0. The number of benzene rings is 3. The van der Waals surface area contributed by atoms with E-state index < -0.39 is 27.5 Å². The number of nitrogens with zero attached hydrogens (tertiary/aromatic N) is 1. The lowest BCUT2D eigenvalue weighted by molar-refractivity contribution is 0.583. The molecular formula is C20H16F3NO2S. The zero-order chi connectivity index (χ0) is 19.6. The van der Waals surface area contributed by atoms with Gasteiger partial charge in [0.25, 0.3) is 10.0 Å². The van der Waals surface area contributed by atoms with Gasteiger partial charge in [-0.3, -0.25) is 4.31 Å². The van der Waals surface area contributed by atoms with Crippen molar-refractivity contribution in [1.29, 1.82) is 0 Å². The van der Waals surface area contributed by atoms with Gasteiger partial charge in [0.15, 0.2) is 0 Å². The number of rotatable bonds is 5. The van der Waals surface area contributed by atoms with Gasteiger partial charge in [-0.15, -0.1) is 0 Å². The molecule has 140 valence electrons. The molecule has 0 bridgehead atoms. The average Bonchev–Trinajstić information content (AvgIpc) is 2.63. The minimum Gasteiger partial charge on any atom is -0.262 e. The van der Waals surface area contributed by atoms with E-state index in [4.69, 9.17) is 0 Å². The number of hydrogen-bond donors (Lipinski definition) is 0. The molecule has 0 aliphatic heterocycles. The van der Waals surface area contributed by atoms with Crippen molar-refractivity contribution in [2.24, 2.45) is 0 Å². The lowest BCUT2D eigenvalue weighted by Gasteiger charge is -2.25. The second-order valence-corrected chi connectivity index (χ2v) is 7.89. The molecule has 0 N–H and O–H groups in total. The van der Waals surface area contributed by atoms with Crippen LogP contribution in [0.4, 0.5) is 18.9 Å². The maximum absolute atomic E-state index is 13.9. The molecule has 3 rings (SSSR count). The molecule has 0 aliphatic carbocycles. The molecule has 0 aromatic heterocycles. The molecule has 0 unspecified atom stereocenters. The van der Waals surface area contributed by atoms with Gasteiger partial charge in [0.1, 0.15) is 17.5 Å². The van der Waals surface area contributed by atoms with Crippen molar-refractivity contribution in [2.75, 3.05) is 4.31 Å². The summed E-state index contributed by atoms with van der Waals surface area (Å²) in [4.78, 5) is -0.244. The summed E-state index contributed by atoms with van der Waals surface area (Å²) in [6, 6.07) is 14.0. The maximum atomic E-state index is 13.9. The van der Waals surface area contributed by atoms with Crippen LogP contribution in [0.25, 0.3) is 0 Å². The topological polar surface area (TPSA) is 37.4 Å². The van der Waals surface area contributed by atoms with E-state index in [1.807, 2.05) is 0 Å². The third kappa shape index (κ3) is 4.14. The van der Waals surface area contributed by atoms with E-state index in [2.05, 4.69) is 0 Å². The normalized spacial score (nSPS) is 11.4. The minimum atomic E-state index is -4.17. The van der Waals surface area contributed by atoms with Gasteiger partial charge in [0, 0.05) is 0 Å². The van der Waals surface area contributed by atoms with Crippen LogP contribution in [0.2, 0.25) is 0 Å². The van der Waals surface area contributed by atoms with Crippen LogP contribution < -0.4 is 4.31 Å². The number of anilines is 1. The molecule has 3 aromatic rings. The molecule has 0 radical (unpaired) electrons. The number of halogens is 3.